The van der Waals surface area contributed by atoms with Crippen LogP contribution in [0.1, 0.15) is 12.5 Å². The van der Waals surface area contributed by atoms with Crippen LogP contribution in [0.4, 0.5) is 21.3 Å². The Hall–Kier alpha value is -2.64. The number of nitrogens with one attached hydrogen (secondary N) is 3. The van der Waals surface area contributed by atoms with Crippen LogP contribution in [0.25, 0.3) is 10.2 Å². The molecule has 1 heterocycles. The topological polar surface area (TPSA) is 83.1 Å². The largest absolute Gasteiger partial charge is 0.323 e. The SMILES string of the molecule is CC(=O)Nc1nc2cc(NC(=O)Nc3ccc(C)c(Cl)c3)ccc2s1. The van der Waals surface area contributed by atoms with Crippen molar-refractivity contribution < 1.29 is 9.59 Å². The molecule has 0 unspecified atom stereocenters. The first-order valence-electron chi connectivity index (χ1n) is 7.43. The second kappa shape index (κ2) is 7.08. The minimum Gasteiger partial charge on any atom is -0.308 e. The Morgan fingerprint density at radius 1 is 1.04 bits per heavy atom. The fourth-order valence-electron chi connectivity index (χ4n) is 2.17. The van der Waals surface area contributed by atoms with Crippen LogP contribution in [-0.4, -0.2) is 16.9 Å². The van der Waals surface area contributed by atoms with E-state index in [1.165, 1.54) is 18.3 Å². The Morgan fingerprint density at radius 2 is 1.72 bits per heavy atom. The third-order valence-corrected chi connectivity index (χ3v) is 4.72. The molecular weight excluding hydrogens is 360 g/mol. The molecular formula is C17H15ClN4O2S. The number of carbonyl (C=O) groups excluding carboxylic acids is 2. The molecule has 0 aliphatic heterocycles. The van der Waals surface area contributed by atoms with E-state index in [0.29, 0.717) is 27.0 Å². The van der Waals surface area contributed by atoms with Crippen LogP contribution in [0.3, 0.4) is 0 Å². The number of urea groups is 1. The smallest absolute Gasteiger partial charge is 0.308 e. The Kier molecular flexibility index (Phi) is 4.87. The summed E-state index contributed by atoms with van der Waals surface area (Å²) in [6.45, 7) is 3.32. The predicted molar refractivity (Wildman–Crippen MR) is 103 cm³/mol. The lowest BCUT2D eigenvalue weighted by atomic mass is 10.2. The number of thiazole rings is 1. The summed E-state index contributed by atoms with van der Waals surface area (Å²) in [7, 11) is 0. The van der Waals surface area contributed by atoms with Gasteiger partial charge in [-0.1, -0.05) is 29.0 Å². The van der Waals surface area contributed by atoms with Crippen molar-refractivity contribution in [1.82, 2.24) is 4.98 Å². The number of amides is 3. The molecule has 3 rings (SSSR count). The molecule has 0 atom stereocenters. The second-order valence-electron chi connectivity index (χ2n) is 5.43. The van der Waals surface area contributed by atoms with Gasteiger partial charge in [0.15, 0.2) is 5.13 Å². The summed E-state index contributed by atoms with van der Waals surface area (Å²) in [6, 6.07) is 10.3. The monoisotopic (exact) mass is 374 g/mol. The lowest BCUT2D eigenvalue weighted by Crippen LogP contribution is -2.19. The highest BCUT2D eigenvalue weighted by Gasteiger charge is 2.08. The van der Waals surface area contributed by atoms with Crippen LogP contribution in [0.15, 0.2) is 36.4 Å². The standard InChI is InChI=1S/C17H15ClN4O2S/c1-9-3-4-11(7-13(9)18)20-16(24)21-12-5-6-15-14(8-12)22-17(25-15)19-10(2)23/h3-8H,1-2H3,(H,19,22,23)(H2,20,21,24). The number of hydrogen-bond donors (Lipinski definition) is 3. The average molecular weight is 375 g/mol. The van der Waals surface area contributed by atoms with Gasteiger partial charge in [0.2, 0.25) is 5.91 Å². The summed E-state index contributed by atoms with van der Waals surface area (Å²) in [5.74, 6) is -0.173. The van der Waals surface area contributed by atoms with Crippen LogP contribution in [0, 0.1) is 6.92 Å². The van der Waals surface area contributed by atoms with Gasteiger partial charge in [0.1, 0.15) is 0 Å². The molecule has 2 aromatic carbocycles. The van der Waals surface area contributed by atoms with Crippen LogP contribution in [0.2, 0.25) is 5.02 Å². The van der Waals surface area contributed by atoms with E-state index in [1.54, 1.807) is 24.3 Å². The van der Waals surface area contributed by atoms with E-state index in [2.05, 4.69) is 20.9 Å². The Morgan fingerprint density at radius 3 is 2.40 bits per heavy atom. The van der Waals surface area contributed by atoms with Gasteiger partial charge in [-0.3, -0.25) is 4.79 Å². The predicted octanol–water partition coefficient (Wildman–Crippen LogP) is 4.86. The number of carbonyl (C=O) groups is 2. The number of benzene rings is 2. The highest BCUT2D eigenvalue weighted by molar-refractivity contribution is 7.22. The van der Waals surface area contributed by atoms with Gasteiger partial charge in [0, 0.05) is 23.3 Å². The van der Waals surface area contributed by atoms with Gasteiger partial charge in [-0.05, 0) is 42.8 Å². The number of anilines is 3. The fourth-order valence-corrected chi connectivity index (χ4v) is 3.25. The summed E-state index contributed by atoms with van der Waals surface area (Å²) < 4.78 is 0.917. The minimum atomic E-state index is -0.378. The quantitative estimate of drug-likeness (QED) is 0.612. The molecule has 1 aromatic heterocycles. The number of nitrogens with zero attached hydrogens (tertiary/aromatic N) is 1. The molecule has 0 saturated heterocycles. The zero-order valence-corrected chi connectivity index (χ0v) is 15.1. The summed E-state index contributed by atoms with van der Waals surface area (Å²) >= 11 is 7.43. The fraction of sp³-hybridized carbons (Fsp3) is 0.118. The van der Waals surface area contributed by atoms with Crippen LogP contribution in [-0.2, 0) is 4.79 Å². The number of halogens is 1. The third kappa shape index (κ3) is 4.26. The average Bonchev–Trinajstić information content (AvgIpc) is 2.91. The molecule has 0 radical (unpaired) electrons. The zero-order chi connectivity index (χ0) is 18.0. The minimum absolute atomic E-state index is 0.173. The lowest BCUT2D eigenvalue weighted by Gasteiger charge is -2.08. The van der Waals surface area contributed by atoms with Gasteiger partial charge >= 0.3 is 6.03 Å². The molecule has 0 bridgehead atoms. The number of fused-ring (bicyclic) bond motifs is 1. The Bertz CT molecular complexity index is 970. The molecule has 6 nitrogen and oxygen atoms in total. The molecule has 3 N–H and O–H groups in total. The molecule has 3 amide bonds. The van der Waals surface area contributed by atoms with Crippen molar-refractivity contribution >= 4 is 61.6 Å². The molecule has 25 heavy (non-hydrogen) atoms. The maximum absolute atomic E-state index is 12.1. The van der Waals surface area contributed by atoms with Crippen LogP contribution in [0.5, 0.6) is 0 Å². The van der Waals surface area contributed by atoms with Crippen LogP contribution >= 0.6 is 22.9 Å². The first kappa shape index (κ1) is 17.2. The van der Waals surface area contributed by atoms with Gasteiger partial charge in [-0.15, -0.1) is 0 Å². The number of hydrogen-bond acceptors (Lipinski definition) is 4. The van der Waals surface area contributed by atoms with E-state index >= 15 is 0 Å². The van der Waals surface area contributed by atoms with Crippen molar-refractivity contribution in [3.8, 4) is 0 Å². The van der Waals surface area contributed by atoms with E-state index < -0.39 is 0 Å². The number of aromatic nitrogens is 1. The van der Waals surface area contributed by atoms with E-state index in [4.69, 9.17) is 11.6 Å². The highest BCUT2D eigenvalue weighted by Crippen LogP contribution is 2.28. The molecule has 0 aliphatic carbocycles. The van der Waals surface area contributed by atoms with Gasteiger partial charge < -0.3 is 16.0 Å². The molecule has 128 valence electrons. The van der Waals surface area contributed by atoms with E-state index in [-0.39, 0.29) is 11.9 Å². The maximum atomic E-state index is 12.1. The third-order valence-electron chi connectivity index (χ3n) is 3.36. The summed E-state index contributed by atoms with van der Waals surface area (Å²) in [6.07, 6.45) is 0. The molecule has 8 heteroatoms. The van der Waals surface area contributed by atoms with Crippen molar-refractivity contribution in [3.63, 3.8) is 0 Å². The van der Waals surface area contributed by atoms with Gasteiger partial charge in [0.25, 0.3) is 0 Å². The van der Waals surface area contributed by atoms with Crippen LogP contribution < -0.4 is 16.0 Å². The maximum Gasteiger partial charge on any atom is 0.323 e. The molecule has 0 fully saturated rings. The van der Waals surface area contributed by atoms with E-state index in [1.807, 2.05) is 19.1 Å². The zero-order valence-electron chi connectivity index (χ0n) is 13.5. The van der Waals surface area contributed by atoms with Gasteiger partial charge in [0.05, 0.1) is 10.2 Å². The lowest BCUT2D eigenvalue weighted by molar-refractivity contribution is -0.114. The summed E-state index contributed by atoms with van der Waals surface area (Å²) in [5, 5.41) is 9.25. The van der Waals surface area contributed by atoms with E-state index in [0.717, 1.165) is 10.3 Å². The first-order chi connectivity index (χ1) is 11.9. The normalized spacial score (nSPS) is 10.5. The van der Waals surface area contributed by atoms with Crippen molar-refractivity contribution in [2.75, 3.05) is 16.0 Å². The van der Waals surface area contributed by atoms with Gasteiger partial charge in [-0.2, -0.15) is 0 Å². The second-order valence-corrected chi connectivity index (χ2v) is 6.86. The van der Waals surface area contributed by atoms with Crippen molar-refractivity contribution in [3.05, 3.63) is 47.0 Å². The Labute approximate surface area is 153 Å². The highest BCUT2D eigenvalue weighted by atomic mass is 35.5. The first-order valence-corrected chi connectivity index (χ1v) is 8.62. The molecule has 0 aliphatic rings. The molecule has 0 saturated carbocycles. The van der Waals surface area contributed by atoms with Gasteiger partial charge in [-0.25, -0.2) is 9.78 Å². The summed E-state index contributed by atoms with van der Waals surface area (Å²) in [4.78, 5) is 27.6. The molecule has 3 aromatic rings. The van der Waals surface area contributed by atoms with Crippen molar-refractivity contribution in [1.29, 1.82) is 0 Å². The van der Waals surface area contributed by atoms with Crippen molar-refractivity contribution in [2.45, 2.75) is 13.8 Å². The Balaban J connectivity index is 1.72. The molecule has 0 spiro atoms. The number of rotatable bonds is 3. The van der Waals surface area contributed by atoms with E-state index in [9.17, 15) is 9.59 Å². The number of aryl methyl sites for hydroxylation is 1. The summed E-state index contributed by atoms with van der Waals surface area (Å²) in [5.41, 5.74) is 2.85. The van der Waals surface area contributed by atoms with Crippen molar-refractivity contribution in [2.24, 2.45) is 0 Å².